The standard InChI is InChI=1S/C19H22N4O2/c1-11-7-8-12(2)16-15(11)13(3)17(25-16)19(24)23-9-5-4-6-14(23)18-20-10-21-22-18/h7-8,10,14H,4-6,9H2,1-3H3,(H,20,21,22). The van der Waals surface area contributed by atoms with Gasteiger partial charge < -0.3 is 9.32 Å². The average molecular weight is 338 g/mol. The van der Waals surface area contributed by atoms with Gasteiger partial charge in [-0.3, -0.25) is 9.89 Å². The molecule has 0 bridgehead atoms. The molecule has 0 spiro atoms. The van der Waals surface area contributed by atoms with Crippen LogP contribution in [-0.4, -0.2) is 32.5 Å². The third kappa shape index (κ3) is 2.52. The van der Waals surface area contributed by atoms with Crippen LogP contribution < -0.4 is 0 Å². The van der Waals surface area contributed by atoms with Crippen LogP contribution in [0.25, 0.3) is 11.0 Å². The molecular weight excluding hydrogens is 316 g/mol. The SMILES string of the molecule is Cc1ccc(C)c2c(C)c(C(=O)N3CCCCC3c3ncn[nH]3)oc12. The van der Waals surface area contributed by atoms with E-state index in [9.17, 15) is 4.79 Å². The number of nitrogens with zero attached hydrogens (tertiary/aromatic N) is 3. The first-order valence-corrected chi connectivity index (χ1v) is 8.73. The molecule has 1 aliphatic rings. The Morgan fingerprint density at radius 2 is 2.04 bits per heavy atom. The Morgan fingerprint density at radius 1 is 1.24 bits per heavy atom. The van der Waals surface area contributed by atoms with Crippen molar-refractivity contribution >= 4 is 16.9 Å². The van der Waals surface area contributed by atoms with Gasteiger partial charge in [-0.05, 0) is 51.2 Å². The first kappa shape index (κ1) is 15.9. The Balaban J connectivity index is 1.77. The fourth-order valence-corrected chi connectivity index (χ4v) is 3.84. The van der Waals surface area contributed by atoms with Gasteiger partial charge in [0.2, 0.25) is 0 Å². The van der Waals surface area contributed by atoms with E-state index in [1.165, 1.54) is 6.33 Å². The molecular formula is C19H22N4O2. The van der Waals surface area contributed by atoms with Crippen molar-refractivity contribution in [3.05, 3.63) is 46.7 Å². The molecule has 25 heavy (non-hydrogen) atoms. The number of piperidine rings is 1. The van der Waals surface area contributed by atoms with Crippen molar-refractivity contribution in [1.82, 2.24) is 20.1 Å². The topological polar surface area (TPSA) is 75.0 Å². The van der Waals surface area contributed by atoms with Crippen LogP contribution in [0.2, 0.25) is 0 Å². The molecule has 130 valence electrons. The maximum absolute atomic E-state index is 13.3. The number of nitrogens with one attached hydrogen (secondary N) is 1. The van der Waals surface area contributed by atoms with Crippen molar-refractivity contribution in [2.45, 2.75) is 46.1 Å². The molecule has 1 N–H and O–H groups in total. The number of benzene rings is 1. The zero-order valence-electron chi connectivity index (χ0n) is 14.8. The summed E-state index contributed by atoms with van der Waals surface area (Å²) in [6.07, 6.45) is 4.45. The summed E-state index contributed by atoms with van der Waals surface area (Å²) in [5, 5.41) is 7.91. The van der Waals surface area contributed by atoms with Gasteiger partial charge in [-0.25, -0.2) is 4.98 Å². The van der Waals surface area contributed by atoms with Gasteiger partial charge >= 0.3 is 0 Å². The van der Waals surface area contributed by atoms with Crippen molar-refractivity contribution in [2.75, 3.05) is 6.54 Å². The lowest BCUT2D eigenvalue weighted by molar-refractivity contribution is 0.0569. The molecule has 0 saturated carbocycles. The predicted octanol–water partition coefficient (Wildman–Crippen LogP) is 3.84. The number of likely N-dealkylation sites (tertiary alicyclic amines) is 1. The number of hydrogen-bond donors (Lipinski definition) is 1. The first-order valence-electron chi connectivity index (χ1n) is 8.73. The Labute approximate surface area is 146 Å². The molecule has 1 aliphatic heterocycles. The van der Waals surface area contributed by atoms with Crippen molar-refractivity contribution in [2.24, 2.45) is 0 Å². The highest BCUT2D eigenvalue weighted by Gasteiger charge is 2.33. The fraction of sp³-hybridized carbons (Fsp3) is 0.421. The molecule has 1 fully saturated rings. The van der Waals surface area contributed by atoms with E-state index < -0.39 is 0 Å². The molecule has 6 heteroatoms. The van der Waals surface area contributed by atoms with E-state index in [4.69, 9.17) is 4.42 Å². The van der Waals surface area contributed by atoms with E-state index in [1.807, 2.05) is 24.8 Å². The lowest BCUT2D eigenvalue weighted by Crippen LogP contribution is -2.39. The monoisotopic (exact) mass is 338 g/mol. The molecule has 3 aromatic rings. The fourth-order valence-electron chi connectivity index (χ4n) is 3.84. The van der Waals surface area contributed by atoms with Crippen molar-refractivity contribution in [3.8, 4) is 0 Å². The van der Waals surface area contributed by atoms with Crippen LogP contribution >= 0.6 is 0 Å². The summed E-state index contributed by atoms with van der Waals surface area (Å²) < 4.78 is 6.05. The molecule has 6 nitrogen and oxygen atoms in total. The summed E-state index contributed by atoms with van der Waals surface area (Å²) >= 11 is 0. The van der Waals surface area contributed by atoms with Crippen LogP contribution in [0.4, 0.5) is 0 Å². The van der Waals surface area contributed by atoms with Crippen LogP contribution in [0.5, 0.6) is 0 Å². The van der Waals surface area contributed by atoms with E-state index in [-0.39, 0.29) is 11.9 Å². The summed E-state index contributed by atoms with van der Waals surface area (Å²) in [5.74, 6) is 1.13. The van der Waals surface area contributed by atoms with Crippen LogP contribution in [-0.2, 0) is 0 Å². The molecule has 1 unspecified atom stereocenters. The maximum atomic E-state index is 13.3. The summed E-state index contributed by atoms with van der Waals surface area (Å²) in [6, 6.07) is 4.04. The van der Waals surface area contributed by atoms with Gasteiger partial charge in [0, 0.05) is 17.5 Å². The van der Waals surface area contributed by atoms with Gasteiger partial charge in [0.05, 0.1) is 6.04 Å². The minimum atomic E-state index is -0.0708. The Morgan fingerprint density at radius 3 is 2.76 bits per heavy atom. The van der Waals surface area contributed by atoms with Crippen LogP contribution in [0, 0.1) is 20.8 Å². The number of carbonyl (C=O) groups excluding carboxylic acids is 1. The number of carbonyl (C=O) groups is 1. The summed E-state index contributed by atoms with van der Waals surface area (Å²) in [6.45, 7) is 6.74. The molecule has 1 atom stereocenters. The number of aryl methyl sites for hydroxylation is 3. The van der Waals surface area contributed by atoms with Crippen molar-refractivity contribution in [1.29, 1.82) is 0 Å². The molecule has 2 aromatic heterocycles. The number of rotatable bonds is 2. The second-order valence-electron chi connectivity index (χ2n) is 6.84. The van der Waals surface area contributed by atoms with E-state index in [0.717, 1.165) is 52.7 Å². The molecule has 3 heterocycles. The van der Waals surface area contributed by atoms with Crippen molar-refractivity contribution in [3.63, 3.8) is 0 Å². The van der Waals surface area contributed by atoms with E-state index >= 15 is 0 Å². The zero-order valence-corrected chi connectivity index (χ0v) is 14.8. The smallest absolute Gasteiger partial charge is 0.290 e. The average Bonchev–Trinajstić information content (AvgIpc) is 3.26. The number of furan rings is 1. The summed E-state index contributed by atoms with van der Waals surface area (Å²) in [5.41, 5.74) is 3.91. The largest absolute Gasteiger partial charge is 0.450 e. The maximum Gasteiger partial charge on any atom is 0.290 e. The van der Waals surface area contributed by atoms with Gasteiger partial charge in [-0.1, -0.05) is 12.1 Å². The third-order valence-electron chi connectivity index (χ3n) is 5.19. The van der Waals surface area contributed by atoms with Crippen LogP contribution in [0.15, 0.2) is 22.9 Å². The molecule has 4 rings (SSSR count). The Bertz CT molecular complexity index is 927. The lowest BCUT2D eigenvalue weighted by Gasteiger charge is -2.33. The number of fused-ring (bicyclic) bond motifs is 1. The molecule has 1 aromatic carbocycles. The van der Waals surface area contributed by atoms with Gasteiger partial charge in [-0.2, -0.15) is 5.10 Å². The van der Waals surface area contributed by atoms with Gasteiger partial charge in [-0.15, -0.1) is 0 Å². The third-order valence-corrected chi connectivity index (χ3v) is 5.19. The normalized spacial score (nSPS) is 18.0. The van der Waals surface area contributed by atoms with E-state index in [2.05, 4.69) is 28.2 Å². The quantitative estimate of drug-likeness (QED) is 0.770. The van der Waals surface area contributed by atoms with Crippen molar-refractivity contribution < 1.29 is 9.21 Å². The molecule has 0 radical (unpaired) electrons. The highest BCUT2D eigenvalue weighted by molar-refractivity contribution is 6.00. The van der Waals surface area contributed by atoms with E-state index in [1.54, 1.807) is 0 Å². The number of amides is 1. The molecule has 1 amide bonds. The van der Waals surface area contributed by atoms with Gasteiger partial charge in [0.1, 0.15) is 17.7 Å². The Hall–Kier alpha value is -2.63. The predicted molar refractivity (Wildman–Crippen MR) is 94.4 cm³/mol. The van der Waals surface area contributed by atoms with Crippen LogP contribution in [0.1, 0.15) is 58.4 Å². The zero-order chi connectivity index (χ0) is 17.6. The van der Waals surface area contributed by atoms with E-state index in [0.29, 0.717) is 12.3 Å². The first-order chi connectivity index (χ1) is 12.1. The number of aromatic amines is 1. The number of aromatic nitrogens is 3. The minimum Gasteiger partial charge on any atom is -0.450 e. The highest BCUT2D eigenvalue weighted by Crippen LogP contribution is 2.35. The Kier molecular flexibility index (Phi) is 3.82. The summed E-state index contributed by atoms with van der Waals surface area (Å²) in [4.78, 5) is 19.4. The number of hydrogen-bond acceptors (Lipinski definition) is 4. The molecule has 0 aliphatic carbocycles. The highest BCUT2D eigenvalue weighted by atomic mass is 16.3. The lowest BCUT2D eigenvalue weighted by atomic mass is 10.00. The minimum absolute atomic E-state index is 0.0615. The summed E-state index contributed by atoms with van der Waals surface area (Å²) in [7, 11) is 0. The van der Waals surface area contributed by atoms with Gasteiger partial charge in [0.15, 0.2) is 5.76 Å². The molecule has 1 saturated heterocycles. The van der Waals surface area contributed by atoms with Crippen LogP contribution in [0.3, 0.4) is 0 Å². The second-order valence-corrected chi connectivity index (χ2v) is 6.84. The number of H-pyrrole nitrogens is 1. The van der Waals surface area contributed by atoms with Gasteiger partial charge in [0.25, 0.3) is 5.91 Å². The second kappa shape index (κ2) is 6.02.